The molecule has 0 aromatic rings. The van der Waals surface area contributed by atoms with Gasteiger partial charge in [-0.3, -0.25) is 4.79 Å². The quantitative estimate of drug-likeness (QED) is 0.761. The van der Waals surface area contributed by atoms with Crippen LogP contribution >= 0.6 is 0 Å². The number of piperidine rings is 1. The Balaban J connectivity index is 1.63. The summed E-state index contributed by atoms with van der Waals surface area (Å²) < 4.78 is 5.57. The Hall–Kier alpha value is -0.650. The van der Waals surface area contributed by atoms with Gasteiger partial charge in [0.15, 0.2) is 0 Å². The van der Waals surface area contributed by atoms with E-state index in [0.717, 1.165) is 58.2 Å². The molecule has 2 N–H and O–H groups in total. The fraction of sp³-hybridized carbons (Fsp3) is 0.929. The van der Waals surface area contributed by atoms with E-state index in [-0.39, 0.29) is 12.5 Å². The fourth-order valence-corrected chi connectivity index (χ4v) is 3.15. The van der Waals surface area contributed by atoms with Gasteiger partial charge in [0.05, 0.1) is 24.7 Å². The summed E-state index contributed by atoms with van der Waals surface area (Å²) in [4.78, 5) is 12.7. The Morgan fingerprint density at radius 3 is 2.47 bits per heavy atom. The van der Waals surface area contributed by atoms with Gasteiger partial charge in [-0.15, -0.1) is 0 Å². The molecule has 0 spiro atoms. The molecule has 110 valence electrons. The number of nitrogens with zero attached hydrogens (tertiary/aromatic N) is 1. The molecule has 2 rings (SSSR count). The van der Waals surface area contributed by atoms with Crippen LogP contribution in [0.1, 0.15) is 44.9 Å². The van der Waals surface area contributed by atoms with E-state index in [2.05, 4.69) is 4.90 Å². The van der Waals surface area contributed by atoms with Gasteiger partial charge in [-0.25, -0.2) is 0 Å². The van der Waals surface area contributed by atoms with Crippen LogP contribution < -0.4 is 0 Å². The van der Waals surface area contributed by atoms with Gasteiger partial charge in [-0.1, -0.05) is 12.8 Å². The van der Waals surface area contributed by atoms with Crippen molar-refractivity contribution >= 4 is 5.97 Å². The van der Waals surface area contributed by atoms with Crippen LogP contribution in [0.5, 0.6) is 0 Å². The molecule has 2 aliphatic rings. The fourth-order valence-electron chi connectivity index (χ4n) is 3.15. The molecule has 1 aliphatic heterocycles. The van der Waals surface area contributed by atoms with Gasteiger partial charge in [-0.05, 0) is 25.7 Å². The van der Waals surface area contributed by atoms with Crippen molar-refractivity contribution in [3.05, 3.63) is 0 Å². The molecule has 0 aromatic heterocycles. The van der Waals surface area contributed by atoms with Crippen LogP contribution in [0.25, 0.3) is 0 Å². The van der Waals surface area contributed by atoms with E-state index >= 15 is 0 Å². The van der Waals surface area contributed by atoms with Gasteiger partial charge >= 0.3 is 5.97 Å². The summed E-state index contributed by atoms with van der Waals surface area (Å²) in [5.41, 5.74) is -0.461. The van der Waals surface area contributed by atoms with Crippen LogP contribution in [0, 0.1) is 0 Å². The van der Waals surface area contributed by atoms with Crippen LogP contribution in [0.4, 0.5) is 0 Å². The van der Waals surface area contributed by atoms with E-state index in [9.17, 15) is 9.90 Å². The maximum absolute atomic E-state index is 10.4. The Bertz CT molecular complexity index is 294. The predicted octanol–water partition coefficient (Wildman–Crippen LogP) is 1.25. The SMILES string of the molecule is O=C(O)CCOC1CCN(CC2(O)CCCC2)CC1. The third-order valence-corrected chi connectivity index (χ3v) is 4.26. The number of aliphatic carboxylic acids is 1. The minimum absolute atomic E-state index is 0.0833. The van der Waals surface area contributed by atoms with Crippen molar-refractivity contribution in [1.29, 1.82) is 0 Å². The van der Waals surface area contributed by atoms with E-state index in [1.807, 2.05) is 0 Å². The number of β-amino-alcohol motifs (C(OH)–C–C–N with tert-alkyl or cyclic N) is 1. The van der Waals surface area contributed by atoms with Crippen molar-refractivity contribution in [2.45, 2.75) is 56.7 Å². The number of hydrogen-bond acceptors (Lipinski definition) is 4. The second-order valence-electron chi connectivity index (χ2n) is 5.92. The number of carboxylic acids is 1. The third kappa shape index (κ3) is 4.75. The molecule has 1 heterocycles. The predicted molar refractivity (Wildman–Crippen MR) is 71.1 cm³/mol. The summed E-state index contributed by atoms with van der Waals surface area (Å²) in [5.74, 6) is -0.805. The monoisotopic (exact) mass is 271 g/mol. The lowest BCUT2D eigenvalue weighted by atomic mass is 9.99. The lowest BCUT2D eigenvalue weighted by molar-refractivity contribution is -0.139. The highest BCUT2D eigenvalue weighted by molar-refractivity contribution is 5.66. The summed E-state index contributed by atoms with van der Waals surface area (Å²) >= 11 is 0. The van der Waals surface area contributed by atoms with E-state index in [0.29, 0.717) is 6.61 Å². The van der Waals surface area contributed by atoms with Crippen molar-refractivity contribution in [3.63, 3.8) is 0 Å². The Kier molecular flexibility index (Phi) is 5.19. The number of hydrogen-bond donors (Lipinski definition) is 2. The van der Waals surface area contributed by atoms with Crippen molar-refractivity contribution in [2.24, 2.45) is 0 Å². The Labute approximate surface area is 114 Å². The van der Waals surface area contributed by atoms with E-state index in [4.69, 9.17) is 9.84 Å². The highest BCUT2D eigenvalue weighted by Gasteiger charge is 2.34. The van der Waals surface area contributed by atoms with Crippen LogP contribution in [0.3, 0.4) is 0 Å². The largest absolute Gasteiger partial charge is 0.481 e. The standard InChI is InChI=1S/C14H25NO4/c16-13(17)5-10-19-12-3-8-15(9-4-12)11-14(18)6-1-2-7-14/h12,18H,1-11H2,(H,16,17). The first-order valence-corrected chi connectivity index (χ1v) is 7.36. The summed E-state index contributed by atoms with van der Waals surface area (Å²) in [6.45, 7) is 2.98. The zero-order valence-corrected chi connectivity index (χ0v) is 11.5. The lowest BCUT2D eigenvalue weighted by Gasteiger charge is -2.36. The number of carboxylic acid groups (broad SMARTS) is 1. The molecule has 2 fully saturated rings. The summed E-state index contributed by atoms with van der Waals surface area (Å²) in [6, 6.07) is 0. The van der Waals surface area contributed by atoms with Crippen LogP contribution in [-0.2, 0) is 9.53 Å². The average molecular weight is 271 g/mol. The number of likely N-dealkylation sites (tertiary alicyclic amines) is 1. The minimum atomic E-state index is -0.805. The van der Waals surface area contributed by atoms with Crippen molar-refractivity contribution in [1.82, 2.24) is 4.90 Å². The molecule has 19 heavy (non-hydrogen) atoms. The highest BCUT2D eigenvalue weighted by atomic mass is 16.5. The topological polar surface area (TPSA) is 70.0 Å². The van der Waals surface area contributed by atoms with Crippen LogP contribution in [0.2, 0.25) is 0 Å². The molecular formula is C14H25NO4. The van der Waals surface area contributed by atoms with Crippen molar-refractivity contribution < 1.29 is 19.7 Å². The normalized spacial score (nSPS) is 24.7. The van der Waals surface area contributed by atoms with Gasteiger partial charge in [-0.2, -0.15) is 0 Å². The van der Waals surface area contributed by atoms with Gasteiger partial charge in [0, 0.05) is 19.6 Å². The molecule has 0 unspecified atom stereocenters. The Morgan fingerprint density at radius 2 is 1.89 bits per heavy atom. The van der Waals surface area contributed by atoms with Crippen molar-refractivity contribution in [3.8, 4) is 0 Å². The molecule has 1 aliphatic carbocycles. The molecule has 0 atom stereocenters. The van der Waals surface area contributed by atoms with E-state index < -0.39 is 11.6 Å². The Morgan fingerprint density at radius 1 is 1.26 bits per heavy atom. The average Bonchev–Trinajstić information content (AvgIpc) is 2.78. The molecule has 5 heteroatoms. The summed E-state index contributed by atoms with van der Waals surface area (Å²) in [7, 11) is 0. The molecule has 0 aromatic carbocycles. The van der Waals surface area contributed by atoms with Gasteiger partial charge in [0.1, 0.15) is 0 Å². The lowest BCUT2D eigenvalue weighted by Crippen LogP contribution is -2.46. The maximum Gasteiger partial charge on any atom is 0.305 e. The summed E-state index contributed by atoms with van der Waals surface area (Å²) in [6.07, 6.45) is 6.31. The van der Waals surface area contributed by atoms with Gasteiger partial charge in [0.25, 0.3) is 0 Å². The van der Waals surface area contributed by atoms with E-state index in [1.54, 1.807) is 0 Å². The number of ether oxygens (including phenoxy) is 1. The first-order chi connectivity index (χ1) is 9.07. The smallest absolute Gasteiger partial charge is 0.305 e. The second-order valence-corrected chi connectivity index (χ2v) is 5.92. The first kappa shape index (κ1) is 14.8. The zero-order chi connectivity index (χ0) is 13.7. The van der Waals surface area contributed by atoms with Gasteiger partial charge < -0.3 is 19.8 Å². The van der Waals surface area contributed by atoms with Crippen molar-refractivity contribution in [2.75, 3.05) is 26.2 Å². The number of aliphatic hydroxyl groups is 1. The second kappa shape index (κ2) is 6.68. The molecular weight excluding hydrogens is 246 g/mol. The third-order valence-electron chi connectivity index (χ3n) is 4.26. The molecule has 1 saturated carbocycles. The van der Waals surface area contributed by atoms with Gasteiger partial charge in [0.2, 0.25) is 0 Å². The molecule has 0 bridgehead atoms. The first-order valence-electron chi connectivity index (χ1n) is 7.36. The molecule has 0 amide bonds. The number of rotatable bonds is 6. The van der Waals surface area contributed by atoms with Crippen LogP contribution in [-0.4, -0.2) is 59.0 Å². The van der Waals surface area contributed by atoms with E-state index in [1.165, 1.54) is 0 Å². The molecule has 1 saturated heterocycles. The van der Waals surface area contributed by atoms with Crippen LogP contribution in [0.15, 0.2) is 0 Å². The zero-order valence-electron chi connectivity index (χ0n) is 11.5. The molecule has 0 radical (unpaired) electrons. The highest BCUT2D eigenvalue weighted by Crippen LogP contribution is 2.31. The molecule has 5 nitrogen and oxygen atoms in total. The summed E-state index contributed by atoms with van der Waals surface area (Å²) in [5, 5.41) is 18.9. The maximum atomic E-state index is 10.4. The minimum Gasteiger partial charge on any atom is -0.481 e. The number of carbonyl (C=O) groups is 1.